The number of nitrogens with one attached hydrogen (secondary N) is 1. The summed E-state index contributed by atoms with van der Waals surface area (Å²) in [6, 6.07) is 9.81. The Kier molecular flexibility index (Phi) is 3.92. The molecule has 5 nitrogen and oxygen atoms in total. The molecular formula is C16H17N3O2. The highest BCUT2D eigenvalue weighted by atomic mass is 16.5. The van der Waals surface area contributed by atoms with Crippen LogP contribution in [0.1, 0.15) is 22.5 Å². The number of hydrogen-bond acceptors (Lipinski definition) is 4. The van der Waals surface area contributed by atoms with Crippen molar-refractivity contribution in [2.45, 2.75) is 19.4 Å². The molecule has 1 saturated heterocycles. The molecule has 3 rings (SSSR count). The van der Waals surface area contributed by atoms with E-state index in [2.05, 4.69) is 15.3 Å². The van der Waals surface area contributed by atoms with Gasteiger partial charge in [0.1, 0.15) is 0 Å². The summed E-state index contributed by atoms with van der Waals surface area (Å²) in [5.41, 5.74) is 2.14. The molecule has 2 heterocycles. The molecule has 1 fully saturated rings. The van der Waals surface area contributed by atoms with Crippen LogP contribution in [0.5, 0.6) is 0 Å². The Balaban J connectivity index is 1.79. The van der Waals surface area contributed by atoms with Crippen molar-refractivity contribution in [3.05, 3.63) is 47.8 Å². The van der Waals surface area contributed by atoms with Gasteiger partial charge in [0.2, 0.25) is 0 Å². The highest BCUT2D eigenvalue weighted by Crippen LogP contribution is 2.16. The minimum absolute atomic E-state index is 0.0886. The van der Waals surface area contributed by atoms with E-state index in [4.69, 9.17) is 4.74 Å². The molecule has 1 aliphatic rings. The number of aryl methyl sites for hydroxylation is 1. The zero-order valence-corrected chi connectivity index (χ0v) is 11.9. The van der Waals surface area contributed by atoms with E-state index in [0.29, 0.717) is 30.3 Å². The fraction of sp³-hybridized carbons (Fsp3) is 0.312. The summed E-state index contributed by atoms with van der Waals surface area (Å²) in [5.74, 6) is 0.497. The zero-order valence-electron chi connectivity index (χ0n) is 11.9. The second kappa shape index (κ2) is 6.01. The summed E-state index contributed by atoms with van der Waals surface area (Å²) in [6.07, 6.45) is 2.45. The van der Waals surface area contributed by atoms with E-state index >= 15 is 0 Å². The van der Waals surface area contributed by atoms with Crippen molar-refractivity contribution < 1.29 is 9.53 Å². The number of amides is 1. The molecule has 1 amide bonds. The quantitative estimate of drug-likeness (QED) is 0.935. The predicted octanol–water partition coefficient (Wildman–Crippen LogP) is 1.97. The molecule has 1 aromatic carbocycles. The maximum Gasteiger partial charge on any atom is 0.254 e. The first-order chi connectivity index (χ1) is 10.2. The monoisotopic (exact) mass is 283 g/mol. The number of hydrogen-bond donors (Lipinski definition) is 1. The Morgan fingerprint density at radius 2 is 2.14 bits per heavy atom. The zero-order chi connectivity index (χ0) is 14.7. The summed E-state index contributed by atoms with van der Waals surface area (Å²) in [4.78, 5) is 21.0. The summed E-state index contributed by atoms with van der Waals surface area (Å²) in [6.45, 7) is 3.11. The fourth-order valence-electron chi connectivity index (χ4n) is 2.33. The molecule has 5 heteroatoms. The summed E-state index contributed by atoms with van der Waals surface area (Å²) >= 11 is 0. The van der Waals surface area contributed by atoms with Crippen LogP contribution in [-0.4, -0.2) is 35.1 Å². The molecule has 0 bridgehead atoms. The molecule has 1 atom stereocenters. The number of carbonyl (C=O) groups excluding carboxylic acids is 1. The second-order valence-corrected chi connectivity index (χ2v) is 5.09. The van der Waals surface area contributed by atoms with E-state index in [1.807, 2.05) is 37.3 Å². The molecule has 0 spiro atoms. The largest absolute Gasteiger partial charge is 0.379 e. The van der Waals surface area contributed by atoms with E-state index < -0.39 is 0 Å². The van der Waals surface area contributed by atoms with Gasteiger partial charge in [0.05, 0.1) is 23.9 Å². The molecule has 1 aliphatic heterocycles. The molecule has 1 aromatic heterocycles. The normalized spacial score (nSPS) is 17.7. The fourth-order valence-corrected chi connectivity index (χ4v) is 2.33. The van der Waals surface area contributed by atoms with Crippen molar-refractivity contribution in [3.63, 3.8) is 0 Å². The Morgan fingerprint density at radius 3 is 2.81 bits per heavy atom. The molecular weight excluding hydrogens is 266 g/mol. The first-order valence-corrected chi connectivity index (χ1v) is 7.02. The summed E-state index contributed by atoms with van der Waals surface area (Å²) in [5, 5.41) is 2.95. The van der Waals surface area contributed by atoms with Gasteiger partial charge in [-0.2, -0.15) is 0 Å². The molecule has 0 radical (unpaired) electrons. The van der Waals surface area contributed by atoms with Gasteiger partial charge in [-0.15, -0.1) is 0 Å². The molecule has 2 aromatic rings. The van der Waals surface area contributed by atoms with Crippen LogP contribution in [0.15, 0.2) is 36.5 Å². The SMILES string of the molecule is Cc1nc(-c2ccccc2)ncc1C(=O)NC1CCOC1. The van der Waals surface area contributed by atoms with E-state index in [9.17, 15) is 4.79 Å². The van der Waals surface area contributed by atoms with Crippen LogP contribution in [0.2, 0.25) is 0 Å². The summed E-state index contributed by atoms with van der Waals surface area (Å²) in [7, 11) is 0. The van der Waals surface area contributed by atoms with Crippen LogP contribution in [0.4, 0.5) is 0 Å². The van der Waals surface area contributed by atoms with Crippen molar-refractivity contribution in [2.75, 3.05) is 13.2 Å². The van der Waals surface area contributed by atoms with E-state index in [1.54, 1.807) is 6.20 Å². The van der Waals surface area contributed by atoms with Gasteiger partial charge in [0.25, 0.3) is 5.91 Å². The van der Waals surface area contributed by atoms with E-state index in [0.717, 1.165) is 12.0 Å². The van der Waals surface area contributed by atoms with Gasteiger partial charge in [0.15, 0.2) is 5.82 Å². The van der Waals surface area contributed by atoms with Crippen LogP contribution in [0.3, 0.4) is 0 Å². The van der Waals surface area contributed by atoms with Crippen LogP contribution < -0.4 is 5.32 Å². The first-order valence-electron chi connectivity index (χ1n) is 7.02. The third-order valence-corrected chi connectivity index (χ3v) is 3.52. The van der Waals surface area contributed by atoms with Crippen LogP contribution >= 0.6 is 0 Å². The van der Waals surface area contributed by atoms with Gasteiger partial charge in [-0.05, 0) is 13.3 Å². The number of carbonyl (C=O) groups is 1. The lowest BCUT2D eigenvalue weighted by Gasteiger charge is -2.12. The molecule has 1 unspecified atom stereocenters. The lowest BCUT2D eigenvalue weighted by Crippen LogP contribution is -2.35. The summed E-state index contributed by atoms with van der Waals surface area (Å²) < 4.78 is 5.26. The Bertz CT molecular complexity index is 637. The minimum Gasteiger partial charge on any atom is -0.379 e. The minimum atomic E-state index is -0.136. The third kappa shape index (κ3) is 3.08. The molecule has 21 heavy (non-hydrogen) atoms. The number of rotatable bonds is 3. The van der Waals surface area contributed by atoms with Gasteiger partial charge in [-0.1, -0.05) is 30.3 Å². The van der Waals surface area contributed by atoms with Crippen molar-refractivity contribution >= 4 is 5.91 Å². The third-order valence-electron chi connectivity index (χ3n) is 3.52. The standard InChI is InChI=1S/C16H17N3O2/c1-11-14(16(20)19-13-7-8-21-10-13)9-17-15(18-11)12-5-3-2-4-6-12/h2-6,9,13H,7-8,10H2,1H3,(H,19,20). The molecule has 1 N–H and O–H groups in total. The number of benzene rings is 1. The van der Waals surface area contributed by atoms with Gasteiger partial charge in [0, 0.05) is 18.4 Å². The van der Waals surface area contributed by atoms with Crippen molar-refractivity contribution in [1.82, 2.24) is 15.3 Å². The van der Waals surface area contributed by atoms with Crippen molar-refractivity contribution in [3.8, 4) is 11.4 Å². The number of nitrogens with zero attached hydrogens (tertiary/aromatic N) is 2. The second-order valence-electron chi connectivity index (χ2n) is 5.09. The number of ether oxygens (including phenoxy) is 1. The molecule has 108 valence electrons. The number of aromatic nitrogens is 2. The predicted molar refractivity (Wildman–Crippen MR) is 78.9 cm³/mol. The van der Waals surface area contributed by atoms with Gasteiger partial charge < -0.3 is 10.1 Å². The average molecular weight is 283 g/mol. The van der Waals surface area contributed by atoms with Crippen LogP contribution in [0, 0.1) is 6.92 Å². The topological polar surface area (TPSA) is 64.1 Å². The average Bonchev–Trinajstić information content (AvgIpc) is 3.01. The Hall–Kier alpha value is -2.27. The van der Waals surface area contributed by atoms with Crippen LogP contribution in [0.25, 0.3) is 11.4 Å². The lowest BCUT2D eigenvalue weighted by atomic mass is 10.1. The smallest absolute Gasteiger partial charge is 0.254 e. The van der Waals surface area contributed by atoms with Gasteiger partial charge in [-0.25, -0.2) is 9.97 Å². The Labute approximate surface area is 123 Å². The van der Waals surface area contributed by atoms with E-state index in [1.165, 1.54) is 0 Å². The molecule has 0 aliphatic carbocycles. The Morgan fingerprint density at radius 1 is 1.33 bits per heavy atom. The van der Waals surface area contributed by atoms with Crippen molar-refractivity contribution in [2.24, 2.45) is 0 Å². The maximum atomic E-state index is 12.2. The van der Waals surface area contributed by atoms with Crippen molar-refractivity contribution in [1.29, 1.82) is 0 Å². The first kappa shape index (κ1) is 13.7. The van der Waals surface area contributed by atoms with Gasteiger partial charge in [-0.3, -0.25) is 4.79 Å². The van der Waals surface area contributed by atoms with Crippen LogP contribution in [-0.2, 0) is 4.74 Å². The van der Waals surface area contributed by atoms with Gasteiger partial charge >= 0.3 is 0 Å². The highest BCUT2D eigenvalue weighted by Gasteiger charge is 2.20. The van der Waals surface area contributed by atoms with E-state index in [-0.39, 0.29) is 11.9 Å². The molecule has 0 saturated carbocycles. The highest BCUT2D eigenvalue weighted by molar-refractivity contribution is 5.95. The lowest BCUT2D eigenvalue weighted by molar-refractivity contribution is 0.0928. The maximum absolute atomic E-state index is 12.2.